The van der Waals surface area contributed by atoms with Gasteiger partial charge < -0.3 is 5.11 Å². The average molecular weight is 319 g/mol. The summed E-state index contributed by atoms with van der Waals surface area (Å²) in [5, 5.41) is 15.8. The Kier molecular flexibility index (Phi) is 4.48. The number of H-pyrrole nitrogens is 1. The molecular formula is C12H21N3O3S2. The lowest BCUT2D eigenvalue weighted by atomic mass is 10.1. The van der Waals surface area contributed by atoms with Crippen molar-refractivity contribution in [2.45, 2.75) is 43.4 Å². The van der Waals surface area contributed by atoms with Gasteiger partial charge in [-0.3, -0.25) is 5.10 Å². The number of thioether (sulfide) groups is 1. The second-order valence-corrected chi connectivity index (χ2v) is 9.22. The van der Waals surface area contributed by atoms with Gasteiger partial charge in [-0.05, 0) is 13.3 Å². The minimum absolute atomic E-state index is 0.0928. The van der Waals surface area contributed by atoms with E-state index in [9.17, 15) is 13.5 Å². The molecule has 0 unspecified atom stereocenters. The normalized spacial score (nSPS) is 20.8. The van der Waals surface area contributed by atoms with Gasteiger partial charge in [-0.25, -0.2) is 8.42 Å². The molecule has 20 heavy (non-hydrogen) atoms. The van der Waals surface area contributed by atoms with Crippen LogP contribution >= 0.6 is 11.8 Å². The summed E-state index contributed by atoms with van der Waals surface area (Å²) >= 11 is 1.79. The summed E-state index contributed by atoms with van der Waals surface area (Å²) in [5.74, 6) is 0.775. The van der Waals surface area contributed by atoms with Crippen LogP contribution in [0.5, 0.6) is 0 Å². The van der Waals surface area contributed by atoms with E-state index in [0.29, 0.717) is 18.8 Å². The topological polar surface area (TPSA) is 86.3 Å². The number of aromatic amines is 1. The van der Waals surface area contributed by atoms with Gasteiger partial charge in [-0.1, -0.05) is 13.8 Å². The molecule has 1 aromatic heterocycles. The number of sulfonamides is 1. The van der Waals surface area contributed by atoms with Gasteiger partial charge in [0.15, 0.2) is 0 Å². The van der Waals surface area contributed by atoms with Gasteiger partial charge in [0.05, 0.1) is 12.3 Å². The molecule has 2 N–H and O–H groups in total. The van der Waals surface area contributed by atoms with Crippen molar-refractivity contribution in [1.29, 1.82) is 0 Å². The predicted molar refractivity (Wildman–Crippen MR) is 79.2 cm³/mol. The quantitative estimate of drug-likeness (QED) is 0.872. The highest BCUT2D eigenvalue weighted by atomic mass is 32.2. The summed E-state index contributed by atoms with van der Waals surface area (Å²) in [4.78, 5) is 0.129. The molecule has 0 bridgehead atoms. The van der Waals surface area contributed by atoms with Crippen LogP contribution in [0.2, 0.25) is 0 Å². The maximum atomic E-state index is 12.8. The number of nitrogens with zero attached hydrogens (tertiary/aromatic N) is 2. The third-order valence-corrected chi connectivity index (χ3v) is 6.98. The minimum Gasteiger partial charge on any atom is -0.390 e. The van der Waals surface area contributed by atoms with Crippen molar-refractivity contribution in [3.8, 4) is 0 Å². The zero-order chi connectivity index (χ0) is 15.0. The van der Waals surface area contributed by atoms with Crippen molar-refractivity contribution in [2.24, 2.45) is 0 Å². The van der Waals surface area contributed by atoms with E-state index < -0.39 is 10.0 Å². The van der Waals surface area contributed by atoms with Crippen LogP contribution in [-0.2, 0) is 16.6 Å². The zero-order valence-electron chi connectivity index (χ0n) is 12.0. The lowest BCUT2D eigenvalue weighted by Gasteiger charge is -2.22. The summed E-state index contributed by atoms with van der Waals surface area (Å²) in [7, 11) is -3.60. The smallest absolute Gasteiger partial charge is 0.246 e. The van der Waals surface area contributed by atoms with E-state index in [1.807, 2.05) is 0 Å². The van der Waals surface area contributed by atoms with Gasteiger partial charge >= 0.3 is 0 Å². The van der Waals surface area contributed by atoms with Crippen LogP contribution in [0.25, 0.3) is 0 Å². The molecule has 2 rings (SSSR count). The van der Waals surface area contributed by atoms with Crippen molar-refractivity contribution < 1.29 is 13.5 Å². The van der Waals surface area contributed by atoms with Crippen LogP contribution in [0.3, 0.4) is 0 Å². The number of rotatable bonds is 3. The molecule has 8 heteroatoms. The summed E-state index contributed by atoms with van der Waals surface area (Å²) in [6.07, 6.45) is 0.808. The molecule has 1 aromatic rings. The SMILES string of the molecule is Cc1[nH]nc(CO)c1S(=O)(=O)N1CCSC(C)(C)CC1. The van der Waals surface area contributed by atoms with E-state index in [1.54, 1.807) is 18.7 Å². The third-order valence-electron chi connectivity index (χ3n) is 3.51. The van der Waals surface area contributed by atoms with E-state index in [1.165, 1.54) is 4.31 Å². The molecule has 1 fully saturated rings. The first-order valence-electron chi connectivity index (χ1n) is 6.57. The molecule has 0 aliphatic carbocycles. The molecule has 0 radical (unpaired) electrons. The molecule has 0 atom stereocenters. The molecule has 2 heterocycles. The molecule has 0 aromatic carbocycles. The Bertz CT molecular complexity index is 581. The van der Waals surface area contributed by atoms with Crippen LogP contribution in [0.4, 0.5) is 0 Å². The largest absolute Gasteiger partial charge is 0.390 e. The van der Waals surface area contributed by atoms with E-state index in [0.717, 1.165) is 12.2 Å². The number of hydrogen-bond donors (Lipinski definition) is 2. The number of aliphatic hydroxyl groups excluding tert-OH is 1. The van der Waals surface area contributed by atoms with Gasteiger partial charge in [0.2, 0.25) is 10.0 Å². The molecule has 6 nitrogen and oxygen atoms in total. The monoisotopic (exact) mass is 319 g/mol. The minimum atomic E-state index is -3.60. The van der Waals surface area contributed by atoms with E-state index >= 15 is 0 Å². The fourth-order valence-corrected chi connectivity index (χ4v) is 5.27. The van der Waals surface area contributed by atoms with Crippen LogP contribution in [0, 0.1) is 6.92 Å². The Labute approximate surface area is 124 Å². The molecule has 1 saturated heterocycles. The number of aliphatic hydroxyl groups is 1. The fraction of sp³-hybridized carbons (Fsp3) is 0.750. The van der Waals surface area contributed by atoms with Gasteiger partial charge in [0.25, 0.3) is 0 Å². The first kappa shape index (κ1) is 15.8. The van der Waals surface area contributed by atoms with Crippen LogP contribution in [0.1, 0.15) is 31.7 Å². The van der Waals surface area contributed by atoms with Crippen LogP contribution in [-0.4, -0.2) is 51.6 Å². The number of nitrogens with one attached hydrogen (secondary N) is 1. The first-order chi connectivity index (χ1) is 9.28. The summed E-state index contributed by atoms with van der Waals surface area (Å²) in [6, 6.07) is 0. The predicted octanol–water partition coefficient (Wildman–Crippen LogP) is 1.12. The zero-order valence-corrected chi connectivity index (χ0v) is 13.6. The molecule has 1 aliphatic heterocycles. The maximum absolute atomic E-state index is 12.8. The Morgan fingerprint density at radius 3 is 2.80 bits per heavy atom. The Balaban J connectivity index is 2.33. The lowest BCUT2D eigenvalue weighted by molar-refractivity contribution is 0.273. The number of aryl methyl sites for hydroxylation is 1. The third kappa shape index (κ3) is 3.03. The maximum Gasteiger partial charge on any atom is 0.246 e. The molecular weight excluding hydrogens is 298 g/mol. The van der Waals surface area contributed by atoms with Crippen molar-refractivity contribution >= 4 is 21.8 Å². The molecule has 114 valence electrons. The van der Waals surface area contributed by atoms with Crippen molar-refractivity contribution in [3.05, 3.63) is 11.4 Å². The average Bonchev–Trinajstić information content (AvgIpc) is 2.64. The highest BCUT2D eigenvalue weighted by molar-refractivity contribution is 8.00. The van der Waals surface area contributed by atoms with E-state index in [2.05, 4.69) is 24.0 Å². The molecule has 1 aliphatic rings. The fourth-order valence-electron chi connectivity index (χ4n) is 2.29. The van der Waals surface area contributed by atoms with E-state index in [-0.39, 0.29) is 21.9 Å². The Hall–Kier alpha value is -0.570. The van der Waals surface area contributed by atoms with Crippen LogP contribution in [0.15, 0.2) is 4.90 Å². The van der Waals surface area contributed by atoms with Crippen molar-refractivity contribution in [2.75, 3.05) is 18.8 Å². The number of hydrogen-bond acceptors (Lipinski definition) is 5. The van der Waals surface area contributed by atoms with Crippen LogP contribution < -0.4 is 0 Å². The molecule has 0 spiro atoms. The van der Waals surface area contributed by atoms with Gasteiger partial charge in [0, 0.05) is 23.6 Å². The molecule has 0 amide bonds. The van der Waals surface area contributed by atoms with E-state index in [4.69, 9.17) is 0 Å². The Morgan fingerprint density at radius 1 is 1.45 bits per heavy atom. The first-order valence-corrected chi connectivity index (χ1v) is 8.99. The Morgan fingerprint density at radius 2 is 2.15 bits per heavy atom. The lowest BCUT2D eigenvalue weighted by Crippen LogP contribution is -2.34. The second kappa shape index (κ2) is 5.67. The highest BCUT2D eigenvalue weighted by Gasteiger charge is 2.34. The van der Waals surface area contributed by atoms with Gasteiger partial charge in [-0.15, -0.1) is 0 Å². The van der Waals surface area contributed by atoms with Crippen molar-refractivity contribution in [3.63, 3.8) is 0 Å². The highest BCUT2D eigenvalue weighted by Crippen LogP contribution is 2.33. The second-order valence-electron chi connectivity index (χ2n) is 5.54. The van der Waals surface area contributed by atoms with Crippen molar-refractivity contribution in [1.82, 2.24) is 14.5 Å². The molecule has 0 saturated carbocycles. The summed E-state index contributed by atoms with van der Waals surface area (Å²) in [6.45, 7) is 6.54. The number of aromatic nitrogens is 2. The standard InChI is InChI=1S/C12H21N3O3S2/c1-9-11(10(8-16)14-13-9)20(17,18)15-5-4-12(2,3)19-7-6-15/h16H,4-8H2,1-3H3,(H,13,14). The summed E-state index contributed by atoms with van der Waals surface area (Å²) in [5.41, 5.74) is 0.670. The summed E-state index contributed by atoms with van der Waals surface area (Å²) < 4.78 is 27.1. The van der Waals surface area contributed by atoms with Gasteiger partial charge in [-0.2, -0.15) is 21.2 Å². The van der Waals surface area contributed by atoms with Gasteiger partial charge in [0.1, 0.15) is 10.6 Å².